The average Bonchev–Trinajstić information content (AvgIpc) is 2.42. The molecule has 0 bridgehead atoms. The smallest absolute Gasteiger partial charge is 0.128 e. The standard InChI is InChI=1S/C16H17F2NS/c1-2-9-19-11-14-15(18)7-4-8-16(14)20-13-6-3-5-12(17)10-13/h3-8,10,19H,2,9,11H2,1H3. The Morgan fingerprint density at radius 3 is 2.65 bits per heavy atom. The highest BCUT2D eigenvalue weighted by atomic mass is 32.2. The van der Waals surface area contributed by atoms with Crippen molar-refractivity contribution in [3.63, 3.8) is 0 Å². The van der Waals surface area contributed by atoms with E-state index in [0.29, 0.717) is 12.1 Å². The van der Waals surface area contributed by atoms with Gasteiger partial charge in [0.05, 0.1) is 0 Å². The van der Waals surface area contributed by atoms with E-state index in [1.807, 2.05) is 12.1 Å². The van der Waals surface area contributed by atoms with Crippen LogP contribution in [0.3, 0.4) is 0 Å². The van der Waals surface area contributed by atoms with Gasteiger partial charge in [-0.05, 0) is 43.3 Å². The SMILES string of the molecule is CCCNCc1c(F)cccc1Sc1cccc(F)c1. The fourth-order valence-electron chi connectivity index (χ4n) is 1.85. The lowest BCUT2D eigenvalue weighted by Crippen LogP contribution is -2.15. The number of hydrogen-bond donors (Lipinski definition) is 1. The van der Waals surface area contributed by atoms with Gasteiger partial charge in [-0.15, -0.1) is 0 Å². The van der Waals surface area contributed by atoms with E-state index in [9.17, 15) is 8.78 Å². The third-order valence-electron chi connectivity index (χ3n) is 2.83. The van der Waals surface area contributed by atoms with E-state index in [2.05, 4.69) is 12.2 Å². The molecule has 106 valence electrons. The van der Waals surface area contributed by atoms with E-state index in [0.717, 1.165) is 22.8 Å². The van der Waals surface area contributed by atoms with Gasteiger partial charge in [-0.3, -0.25) is 0 Å². The quantitative estimate of drug-likeness (QED) is 0.780. The zero-order valence-electron chi connectivity index (χ0n) is 11.3. The van der Waals surface area contributed by atoms with Crippen molar-refractivity contribution in [2.75, 3.05) is 6.54 Å². The summed E-state index contributed by atoms with van der Waals surface area (Å²) < 4.78 is 27.1. The number of benzene rings is 2. The topological polar surface area (TPSA) is 12.0 Å². The Bertz CT molecular complexity index is 572. The van der Waals surface area contributed by atoms with Crippen LogP contribution in [0.1, 0.15) is 18.9 Å². The van der Waals surface area contributed by atoms with Crippen LogP contribution >= 0.6 is 11.8 Å². The summed E-state index contributed by atoms with van der Waals surface area (Å²) in [5.41, 5.74) is 0.634. The maximum Gasteiger partial charge on any atom is 0.128 e. The number of rotatable bonds is 6. The maximum absolute atomic E-state index is 13.9. The Morgan fingerprint density at radius 1 is 1.10 bits per heavy atom. The van der Waals surface area contributed by atoms with Gasteiger partial charge in [0, 0.05) is 21.9 Å². The van der Waals surface area contributed by atoms with Gasteiger partial charge in [-0.2, -0.15) is 0 Å². The highest BCUT2D eigenvalue weighted by Crippen LogP contribution is 2.31. The molecule has 2 rings (SSSR count). The third kappa shape index (κ3) is 4.05. The Hall–Kier alpha value is -1.39. The summed E-state index contributed by atoms with van der Waals surface area (Å²) in [6.07, 6.45) is 1.00. The monoisotopic (exact) mass is 293 g/mol. The van der Waals surface area contributed by atoms with Crippen molar-refractivity contribution < 1.29 is 8.78 Å². The zero-order valence-corrected chi connectivity index (χ0v) is 12.1. The van der Waals surface area contributed by atoms with Crippen LogP contribution in [0.15, 0.2) is 52.3 Å². The fourth-order valence-corrected chi connectivity index (χ4v) is 2.87. The summed E-state index contributed by atoms with van der Waals surface area (Å²) in [5.74, 6) is -0.507. The molecule has 20 heavy (non-hydrogen) atoms. The van der Waals surface area contributed by atoms with Gasteiger partial charge >= 0.3 is 0 Å². The molecule has 0 aliphatic heterocycles. The molecule has 0 radical (unpaired) electrons. The van der Waals surface area contributed by atoms with Gasteiger partial charge in [-0.1, -0.05) is 30.8 Å². The first kappa shape index (κ1) is 15.0. The zero-order chi connectivity index (χ0) is 14.4. The van der Waals surface area contributed by atoms with E-state index >= 15 is 0 Å². The molecular weight excluding hydrogens is 276 g/mol. The molecule has 0 aromatic heterocycles. The molecule has 4 heteroatoms. The molecule has 2 aromatic carbocycles. The molecule has 1 N–H and O–H groups in total. The molecule has 0 aliphatic carbocycles. The summed E-state index contributed by atoms with van der Waals surface area (Å²) >= 11 is 1.38. The second kappa shape index (κ2) is 7.41. The first-order chi connectivity index (χ1) is 9.70. The highest BCUT2D eigenvalue weighted by Gasteiger charge is 2.09. The highest BCUT2D eigenvalue weighted by molar-refractivity contribution is 7.99. The van der Waals surface area contributed by atoms with E-state index in [1.54, 1.807) is 12.1 Å². The molecule has 0 spiro atoms. The van der Waals surface area contributed by atoms with Crippen molar-refractivity contribution in [3.8, 4) is 0 Å². The van der Waals surface area contributed by atoms with Gasteiger partial charge in [0.2, 0.25) is 0 Å². The lowest BCUT2D eigenvalue weighted by atomic mass is 10.2. The molecule has 0 amide bonds. The molecule has 1 nitrogen and oxygen atoms in total. The number of nitrogens with one attached hydrogen (secondary N) is 1. The van der Waals surface area contributed by atoms with Gasteiger partial charge in [0.25, 0.3) is 0 Å². The fraction of sp³-hybridized carbons (Fsp3) is 0.250. The van der Waals surface area contributed by atoms with Gasteiger partial charge < -0.3 is 5.32 Å². The molecule has 0 heterocycles. The largest absolute Gasteiger partial charge is 0.313 e. The normalized spacial score (nSPS) is 10.8. The van der Waals surface area contributed by atoms with Crippen molar-refractivity contribution in [2.24, 2.45) is 0 Å². The molecule has 0 fully saturated rings. The summed E-state index contributed by atoms with van der Waals surface area (Å²) in [6, 6.07) is 11.3. The van der Waals surface area contributed by atoms with Crippen LogP contribution in [0.4, 0.5) is 8.78 Å². The minimum absolute atomic E-state index is 0.227. The molecular formula is C16H17F2NS. The van der Waals surface area contributed by atoms with E-state index < -0.39 is 0 Å². The Kier molecular flexibility index (Phi) is 5.56. The Morgan fingerprint density at radius 2 is 1.90 bits per heavy atom. The van der Waals surface area contributed by atoms with Crippen LogP contribution in [-0.4, -0.2) is 6.54 Å². The molecule has 0 unspecified atom stereocenters. The van der Waals surface area contributed by atoms with Gasteiger partial charge in [0.1, 0.15) is 11.6 Å². The predicted octanol–water partition coefficient (Wildman–Crippen LogP) is 4.62. The second-order valence-corrected chi connectivity index (χ2v) is 5.57. The van der Waals surface area contributed by atoms with Crippen LogP contribution in [0.2, 0.25) is 0 Å². The van der Waals surface area contributed by atoms with Crippen molar-refractivity contribution in [2.45, 2.75) is 29.7 Å². The van der Waals surface area contributed by atoms with Gasteiger partial charge in [0.15, 0.2) is 0 Å². The van der Waals surface area contributed by atoms with E-state index in [-0.39, 0.29) is 11.6 Å². The van der Waals surface area contributed by atoms with Crippen LogP contribution < -0.4 is 5.32 Å². The molecule has 0 atom stereocenters. The Balaban J connectivity index is 2.20. The van der Waals surface area contributed by atoms with Crippen molar-refractivity contribution in [1.82, 2.24) is 5.32 Å². The minimum atomic E-state index is -0.280. The summed E-state index contributed by atoms with van der Waals surface area (Å²) in [5, 5.41) is 3.20. The van der Waals surface area contributed by atoms with Crippen LogP contribution in [0, 0.1) is 11.6 Å². The van der Waals surface area contributed by atoms with Crippen LogP contribution in [0.5, 0.6) is 0 Å². The summed E-state index contributed by atoms with van der Waals surface area (Å²) in [4.78, 5) is 1.59. The first-order valence-electron chi connectivity index (χ1n) is 6.62. The average molecular weight is 293 g/mol. The molecule has 2 aromatic rings. The molecule has 0 aliphatic rings. The number of hydrogen-bond acceptors (Lipinski definition) is 2. The predicted molar refractivity (Wildman–Crippen MR) is 78.9 cm³/mol. The van der Waals surface area contributed by atoms with Crippen molar-refractivity contribution >= 4 is 11.8 Å². The van der Waals surface area contributed by atoms with Crippen LogP contribution in [0.25, 0.3) is 0 Å². The lowest BCUT2D eigenvalue weighted by Gasteiger charge is -2.11. The van der Waals surface area contributed by atoms with E-state index in [1.165, 1.54) is 30.0 Å². The lowest BCUT2D eigenvalue weighted by molar-refractivity contribution is 0.578. The third-order valence-corrected chi connectivity index (χ3v) is 3.92. The van der Waals surface area contributed by atoms with Crippen molar-refractivity contribution in [1.29, 1.82) is 0 Å². The molecule has 0 saturated carbocycles. The minimum Gasteiger partial charge on any atom is -0.313 e. The Labute approximate surface area is 122 Å². The molecule has 0 saturated heterocycles. The first-order valence-corrected chi connectivity index (χ1v) is 7.44. The van der Waals surface area contributed by atoms with E-state index in [4.69, 9.17) is 0 Å². The van der Waals surface area contributed by atoms with Crippen molar-refractivity contribution in [3.05, 3.63) is 59.7 Å². The summed E-state index contributed by atoms with van der Waals surface area (Å²) in [6.45, 7) is 3.40. The number of halogens is 2. The van der Waals surface area contributed by atoms with Gasteiger partial charge in [-0.25, -0.2) is 8.78 Å². The second-order valence-electron chi connectivity index (χ2n) is 4.45. The van der Waals surface area contributed by atoms with Crippen LogP contribution in [-0.2, 0) is 6.54 Å². The summed E-state index contributed by atoms with van der Waals surface area (Å²) in [7, 11) is 0. The maximum atomic E-state index is 13.9.